The molecule has 0 aliphatic rings. The molecule has 1 aromatic carbocycles. The summed E-state index contributed by atoms with van der Waals surface area (Å²) >= 11 is 12.0. The predicted molar refractivity (Wildman–Crippen MR) is 103 cm³/mol. The number of carbonyl (C=O) groups excluding carboxylic acids is 1. The first-order valence-corrected chi connectivity index (χ1v) is 9.23. The molecule has 1 N–H and O–H groups in total. The molecule has 1 atom stereocenters. The minimum atomic E-state index is -0.319. The molecular weight excluding hydrogens is 389 g/mol. The lowest BCUT2D eigenvalue weighted by Gasteiger charge is -2.10. The molecule has 2 aromatic heterocycles. The number of halogens is 2. The molecule has 8 heteroatoms. The van der Waals surface area contributed by atoms with Gasteiger partial charge in [-0.15, -0.1) is 0 Å². The summed E-state index contributed by atoms with van der Waals surface area (Å²) in [6, 6.07) is 10.1. The van der Waals surface area contributed by atoms with E-state index in [1.807, 2.05) is 26.1 Å². The molecular formula is C19H19Cl2N3O3. The lowest BCUT2D eigenvalue weighted by atomic mass is 10.2. The van der Waals surface area contributed by atoms with Crippen LogP contribution in [0.25, 0.3) is 0 Å². The highest BCUT2D eigenvalue weighted by Gasteiger charge is 2.17. The normalized spacial score (nSPS) is 12.0. The highest BCUT2D eigenvalue weighted by atomic mass is 35.5. The van der Waals surface area contributed by atoms with Crippen LogP contribution in [-0.2, 0) is 13.2 Å². The Hall–Kier alpha value is -2.44. The molecule has 142 valence electrons. The average Bonchev–Trinajstić information content (AvgIpc) is 3.32. The number of carbonyl (C=O) groups is 1. The monoisotopic (exact) mass is 407 g/mol. The van der Waals surface area contributed by atoms with Gasteiger partial charge in [-0.1, -0.05) is 29.3 Å². The molecule has 0 spiro atoms. The van der Waals surface area contributed by atoms with Crippen molar-refractivity contribution >= 4 is 29.1 Å². The summed E-state index contributed by atoms with van der Waals surface area (Å²) in [5.41, 5.74) is 0.788. The molecule has 0 fully saturated rings. The van der Waals surface area contributed by atoms with Crippen molar-refractivity contribution in [2.75, 3.05) is 0 Å². The molecule has 3 aromatic rings. The van der Waals surface area contributed by atoms with Gasteiger partial charge < -0.3 is 14.5 Å². The number of hydrogen-bond donors (Lipinski definition) is 1. The molecule has 27 heavy (non-hydrogen) atoms. The van der Waals surface area contributed by atoms with E-state index >= 15 is 0 Å². The van der Waals surface area contributed by atoms with Crippen LogP contribution in [0, 0.1) is 0 Å². The average molecular weight is 408 g/mol. The molecule has 1 amide bonds. The van der Waals surface area contributed by atoms with E-state index in [9.17, 15) is 4.79 Å². The molecule has 0 aliphatic carbocycles. The van der Waals surface area contributed by atoms with Gasteiger partial charge in [0.1, 0.15) is 23.1 Å². The Morgan fingerprint density at radius 3 is 2.85 bits per heavy atom. The van der Waals surface area contributed by atoms with Gasteiger partial charge in [0, 0.05) is 12.7 Å². The molecule has 6 nitrogen and oxygen atoms in total. The first-order chi connectivity index (χ1) is 13.0. The summed E-state index contributed by atoms with van der Waals surface area (Å²) in [6.07, 6.45) is 1.88. The Bertz CT molecular complexity index is 936. The van der Waals surface area contributed by atoms with Crippen LogP contribution < -0.4 is 10.1 Å². The molecule has 0 bridgehead atoms. The minimum Gasteiger partial charge on any atom is -0.484 e. The smallest absolute Gasteiger partial charge is 0.287 e. The number of rotatable bonds is 7. The standard InChI is InChI=1S/C19H19Cl2N3O3/c1-3-24-10-9-15(23-24)12(2)22-19(25)17-8-7-13(27-17)11-26-16-6-4-5-14(20)18(16)21/h4-10,12H,3,11H2,1-2H3,(H,22,25). The Morgan fingerprint density at radius 2 is 2.11 bits per heavy atom. The fourth-order valence-corrected chi connectivity index (χ4v) is 2.79. The number of aromatic nitrogens is 2. The predicted octanol–water partition coefficient (Wildman–Crippen LogP) is 4.87. The fraction of sp³-hybridized carbons (Fsp3) is 0.263. The quantitative estimate of drug-likeness (QED) is 0.606. The van der Waals surface area contributed by atoms with Crippen LogP contribution in [0.5, 0.6) is 5.75 Å². The van der Waals surface area contributed by atoms with Crippen LogP contribution >= 0.6 is 23.2 Å². The van der Waals surface area contributed by atoms with Gasteiger partial charge in [0.2, 0.25) is 0 Å². The number of aryl methyl sites for hydroxylation is 1. The second-order valence-electron chi connectivity index (χ2n) is 5.90. The minimum absolute atomic E-state index is 0.129. The third kappa shape index (κ3) is 4.64. The van der Waals surface area contributed by atoms with E-state index in [2.05, 4.69) is 10.4 Å². The van der Waals surface area contributed by atoms with E-state index in [0.29, 0.717) is 21.6 Å². The molecule has 0 saturated heterocycles. The number of amides is 1. The van der Waals surface area contributed by atoms with Crippen molar-refractivity contribution in [1.82, 2.24) is 15.1 Å². The van der Waals surface area contributed by atoms with Crippen molar-refractivity contribution in [3.8, 4) is 5.75 Å². The molecule has 0 radical (unpaired) electrons. The second-order valence-corrected chi connectivity index (χ2v) is 6.68. The van der Waals surface area contributed by atoms with Gasteiger partial charge in [0.05, 0.1) is 16.8 Å². The maximum Gasteiger partial charge on any atom is 0.287 e. The zero-order valence-electron chi connectivity index (χ0n) is 14.9. The molecule has 1 unspecified atom stereocenters. The number of nitrogens with zero attached hydrogens (tertiary/aromatic N) is 2. The van der Waals surface area contributed by atoms with Crippen molar-refractivity contribution < 1.29 is 13.9 Å². The van der Waals surface area contributed by atoms with E-state index in [-0.39, 0.29) is 24.3 Å². The van der Waals surface area contributed by atoms with E-state index < -0.39 is 0 Å². The third-order valence-electron chi connectivity index (χ3n) is 3.95. The van der Waals surface area contributed by atoms with Crippen LogP contribution in [0.4, 0.5) is 0 Å². The van der Waals surface area contributed by atoms with Gasteiger partial charge in [-0.05, 0) is 44.2 Å². The maximum atomic E-state index is 12.4. The van der Waals surface area contributed by atoms with E-state index in [0.717, 1.165) is 12.2 Å². The number of benzene rings is 1. The van der Waals surface area contributed by atoms with Crippen molar-refractivity contribution in [2.24, 2.45) is 0 Å². The van der Waals surface area contributed by atoms with Crippen LogP contribution in [-0.4, -0.2) is 15.7 Å². The van der Waals surface area contributed by atoms with Crippen molar-refractivity contribution in [1.29, 1.82) is 0 Å². The van der Waals surface area contributed by atoms with Crippen LogP contribution in [0.1, 0.15) is 41.9 Å². The largest absolute Gasteiger partial charge is 0.484 e. The Labute approximate surface area is 167 Å². The van der Waals surface area contributed by atoms with Crippen molar-refractivity contribution in [3.63, 3.8) is 0 Å². The third-order valence-corrected chi connectivity index (χ3v) is 4.75. The van der Waals surface area contributed by atoms with Crippen LogP contribution in [0.3, 0.4) is 0 Å². The lowest BCUT2D eigenvalue weighted by Crippen LogP contribution is -2.26. The van der Waals surface area contributed by atoms with E-state index in [1.165, 1.54) is 0 Å². The summed E-state index contributed by atoms with van der Waals surface area (Å²) in [4.78, 5) is 12.4. The highest BCUT2D eigenvalue weighted by Crippen LogP contribution is 2.32. The zero-order valence-corrected chi connectivity index (χ0v) is 16.4. The zero-order chi connectivity index (χ0) is 19.4. The van der Waals surface area contributed by atoms with Gasteiger partial charge in [0.15, 0.2) is 5.76 Å². The van der Waals surface area contributed by atoms with Gasteiger partial charge in [-0.2, -0.15) is 5.10 Å². The van der Waals surface area contributed by atoms with Gasteiger partial charge in [-0.3, -0.25) is 9.48 Å². The first-order valence-electron chi connectivity index (χ1n) is 8.47. The van der Waals surface area contributed by atoms with Crippen LogP contribution in [0.15, 0.2) is 47.0 Å². The highest BCUT2D eigenvalue weighted by molar-refractivity contribution is 6.42. The number of furan rings is 1. The number of ether oxygens (including phenoxy) is 1. The van der Waals surface area contributed by atoms with E-state index in [4.69, 9.17) is 32.4 Å². The van der Waals surface area contributed by atoms with Crippen LogP contribution in [0.2, 0.25) is 10.0 Å². The summed E-state index contributed by atoms with van der Waals surface area (Å²) in [7, 11) is 0. The Kier molecular flexibility index (Phi) is 6.08. The SMILES string of the molecule is CCn1ccc(C(C)NC(=O)c2ccc(COc3cccc(Cl)c3Cl)o2)n1. The molecule has 3 rings (SSSR count). The summed E-state index contributed by atoms with van der Waals surface area (Å²) in [6.45, 7) is 4.78. The first kappa shape index (κ1) is 19.3. The fourth-order valence-electron chi connectivity index (χ4n) is 2.45. The topological polar surface area (TPSA) is 69.3 Å². The number of hydrogen-bond acceptors (Lipinski definition) is 4. The van der Waals surface area contributed by atoms with Crippen molar-refractivity contribution in [2.45, 2.75) is 33.0 Å². The number of nitrogens with one attached hydrogen (secondary N) is 1. The lowest BCUT2D eigenvalue weighted by molar-refractivity contribution is 0.0907. The second kappa shape index (κ2) is 8.50. The van der Waals surface area contributed by atoms with Gasteiger partial charge >= 0.3 is 0 Å². The van der Waals surface area contributed by atoms with Gasteiger partial charge in [-0.25, -0.2) is 0 Å². The maximum absolute atomic E-state index is 12.4. The molecule has 0 aliphatic heterocycles. The van der Waals surface area contributed by atoms with Crippen molar-refractivity contribution in [3.05, 3.63) is 69.9 Å². The van der Waals surface area contributed by atoms with Gasteiger partial charge in [0.25, 0.3) is 5.91 Å². The summed E-state index contributed by atoms with van der Waals surface area (Å²) < 4.78 is 13.0. The Morgan fingerprint density at radius 1 is 1.30 bits per heavy atom. The summed E-state index contributed by atoms with van der Waals surface area (Å²) in [5, 5.41) is 8.00. The molecule has 0 saturated carbocycles. The molecule has 2 heterocycles. The Balaban J connectivity index is 1.59. The van der Waals surface area contributed by atoms with E-state index in [1.54, 1.807) is 35.0 Å². The summed E-state index contributed by atoms with van der Waals surface area (Å²) in [5.74, 6) is 0.832.